The van der Waals surface area contributed by atoms with E-state index in [9.17, 15) is 4.79 Å². The Kier molecular flexibility index (Phi) is 4.25. The zero-order valence-electron chi connectivity index (χ0n) is 7.88. The predicted octanol–water partition coefficient (Wildman–Crippen LogP) is 1.47. The Morgan fingerprint density at radius 3 is 2.79 bits per heavy atom. The molecule has 0 aromatic heterocycles. The van der Waals surface area contributed by atoms with Gasteiger partial charge < -0.3 is 10.4 Å². The number of aliphatic hydroxyl groups excluding tert-OH is 1. The normalized spacial score (nSPS) is 10.2. The van der Waals surface area contributed by atoms with Gasteiger partial charge in [-0.15, -0.1) is 0 Å². The molecule has 2 N–H and O–H groups in total. The van der Waals surface area contributed by atoms with Gasteiger partial charge >= 0.3 is 0 Å². The van der Waals surface area contributed by atoms with Crippen LogP contribution in [0.3, 0.4) is 0 Å². The topological polar surface area (TPSA) is 49.3 Å². The quantitative estimate of drug-likeness (QED) is 0.804. The first kappa shape index (κ1) is 11.4. The number of aldehydes is 1. The fourth-order valence-corrected chi connectivity index (χ4v) is 1.94. The third-order valence-corrected chi connectivity index (χ3v) is 2.66. The Bertz CT molecular complexity index is 339. The van der Waals surface area contributed by atoms with Gasteiger partial charge in [0.2, 0.25) is 0 Å². The molecule has 76 valence electrons. The summed E-state index contributed by atoms with van der Waals surface area (Å²) < 4.78 is 0.848. The van der Waals surface area contributed by atoms with Crippen molar-refractivity contribution in [1.29, 1.82) is 0 Å². The van der Waals surface area contributed by atoms with Crippen LogP contribution in [0.2, 0.25) is 0 Å². The highest BCUT2D eigenvalue weighted by Gasteiger charge is 2.07. The largest absolute Gasteiger partial charge is 0.392 e. The van der Waals surface area contributed by atoms with Crippen LogP contribution >= 0.6 is 15.9 Å². The maximum absolute atomic E-state index is 10.8. The van der Waals surface area contributed by atoms with Gasteiger partial charge in [-0.1, -0.05) is 15.9 Å². The van der Waals surface area contributed by atoms with E-state index in [1.54, 1.807) is 6.07 Å². The van der Waals surface area contributed by atoms with Crippen molar-refractivity contribution in [1.82, 2.24) is 5.32 Å². The summed E-state index contributed by atoms with van der Waals surface area (Å²) in [7, 11) is 1.82. The molecule has 0 amide bonds. The molecule has 1 aromatic rings. The fraction of sp³-hybridized carbons (Fsp3) is 0.300. The molecule has 0 unspecified atom stereocenters. The summed E-state index contributed by atoms with van der Waals surface area (Å²) >= 11 is 3.37. The first-order chi connectivity index (χ1) is 6.72. The second kappa shape index (κ2) is 5.24. The molecule has 0 fully saturated rings. The van der Waals surface area contributed by atoms with Gasteiger partial charge in [-0.2, -0.15) is 0 Å². The molecule has 3 nitrogen and oxygen atoms in total. The van der Waals surface area contributed by atoms with E-state index >= 15 is 0 Å². The number of rotatable bonds is 4. The third-order valence-electron chi connectivity index (χ3n) is 1.95. The summed E-state index contributed by atoms with van der Waals surface area (Å²) in [5, 5.41) is 11.9. The number of hydrogen-bond donors (Lipinski definition) is 2. The number of carbonyl (C=O) groups excluding carboxylic acids is 1. The fourth-order valence-electron chi connectivity index (χ4n) is 1.28. The van der Waals surface area contributed by atoms with Crippen LogP contribution < -0.4 is 5.32 Å². The van der Waals surface area contributed by atoms with Gasteiger partial charge in [0, 0.05) is 16.6 Å². The van der Waals surface area contributed by atoms with Crippen molar-refractivity contribution in [2.24, 2.45) is 0 Å². The standard InChI is InChI=1S/C10H12BrNO2/c1-12-4-9-8(6-14)2-7(5-13)3-10(9)11/h2-3,6,12-13H,4-5H2,1H3. The average Bonchev–Trinajstić information content (AvgIpc) is 2.20. The van der Waals surface area contributed by atoms with Crippen LogP contribution in [0, 0.1) is 0 Å². The van der Waals surface area contributed by atoms with Crippen molar-refractivity contribution in [3.8, 4) is 0 Å². The van der Waals surface area contributed by atoms with E-state index in [0.717, 1.165) is 21.9 Å². The van der Waals surface area contributed by atoms with E-state index in [2.05, 4.69) is 21.2 Å². The van der Waals surface area contributed by atoms with E-state index in [1.807, 2.05) is 13.1 Å². The smallest absolute Gasteiger partial charge is 0.150 e. The first-order valence-corrected chi connectivity index (χ1v) is 5.04. The second-order valence-electron chi connectivity index (χ2n) is 2.95. The maximum Gasteiger partial charge on any atom is 0.150 e. The molecule has 0 atom stereocenters. The minimum atomic E-state index is -0.0563. The molecular formula is C10H12BrNO2. The molecule has 14 heavy (non-hydrogen) atoms. The monoisotopic (exact) mass is 257 g/mol. The van der Waals surface area contributed by atoms with E-state index in [4.69, 9.17) is 5.11 Å². The molecule has 0 bridgehead atoms. The lowest BCUT2D eigenvalue weighted by Crippen LogP contribution is -2.09. The van der Waals surface area contributed by atoms with Gasteiger partial charge in [-0.05, 0) is 30.3 Å². The molecule has 0 aliphatic rings. The predicted molar refractivity (Wildman–Crippen MR) is 58.2 cm³/mol. The summed E-state index contributed by atoms with van der Waals surface area (Å²) in [6.45, 7) is 0.569. The van der Waals surface area contributed by atoms with Crippen molar-refractivity contribution >= 4 is 22.2 Å². The van der Waals surface area contributed by atoms with Crippen LogP contribution in [-0.2, 0) is 13.2 Å². The number of halogens is 1. The summed E-state index contributed by atoms with van der Waals surface area (Å²) in [5.41, 5.74) is 2.26. The Labute approximate surface area is 91.3 Å². The third kappa shape index (κ3) is 2.41. The van der Waals surface area contributed by atoms with Gasteiger partial charge in [0.05, 0.1) is 6.61 Å². The van der Waals surface area contributed by atoms with Crippen molar-refractivity contribution in [3.63, 3.8) is 0 Å². The number of nitrogens with one attached hydrogen (secondary N) is 1. The van der Waals surface area contributed by atoms with Gasteiger partial charge in [0.25, 0.3) is 0 Å². The molecule has 1 rings (SSSR count). The van der Waals surface area contributed by atoms with Gasteiger partial charge in [-0.25, -0.2) is 0 Å². The lowest BCUT2D eigenvalue weighted by molar-refractivity contribution is 0.112. The molecule has 1 aromatic carbocycles. The van der Waals surface area contributed by atoms with Gasteiger partial charge in [0.1, 0.15) is 6.29 Å². The molecular weight excluding hydrogens is 246 g/mol. The van der Waals surface area contributed by atoms with Crippen LogP contribution in [0.5, 0.6) is 0 Å². The summed E-state index contributed by atoms with van der Waals surface area (Å²) in [6.07, 6.45) is 0.802. The molecule has 0 aliphatic heterocycles. The molecule has 0 radical (unpaired) electrons. The van der Waals surface area contributed by atoms with Crippen molar-refractivity contribution in [2.75, 3.05) is 7.05 Å². The van der Waals surface area contributed by atoms with Gasteiger partial charge in [-0.3, -0.25) is 4.79 Å². The van der Waals surface area contributed by atoms with Crippen LogP contribution in [-0.4, -0.2) is 18.4 Å². The minimum Gasteiger partial charge on any atom is -0.392 e. The lowest BCUT2D eigenvalue weighted by atomic mass is 10.1. The molecule has 0 spiro atoms. The number of aliphatic hydroxyl groups is 1. The lowest BCUT2D eigenvalue weighted by Gasteiger charge is -2.09. The Balaban J connectivity index is 3.19. The van der Waals surface area contributed by atoms with Crippen molar-refractivity contribution in [3.05, 3.63) is 33.3 Å². The Morgan fingerprint density at radius 1 is 1.57 bits per heavy atom. The maximum atomic E-state index is 10.8. The molecule has 0 saturated carbocycles. The second-order valence-corrected chi connectivity index (χ2v) is 3.81. The van der Waals surface area contributed by atoms with Crippen LogP contribution in [0.4, 0.5) is 0 Å². The summed E-state index contributed by atoms with van der Waals surface area (Å²) in [5.74, 6) is 0. The Hall–Kier alpha value is -0.710. The highest BCUT2D eigenvalue weighted by molar-refractivity contribution is 9.10. The SMILES string of the molecule is CNCc1c(Br)cc(CO)cc1C=O. The average molecular weight is 258 g/mol. The first-order valence-electron chi connectivity index (χ1n) is 4.24. The number of hydrogen-bond acceptors (Lipinski definition) is 3. The Morgan fingerprint density at radius 2 is 2.29 bits per heavy atom. The zero-order chi connectivity index (χ0) is 10.6. The van der Waals surface area contributed by atoms with E-state index in [-0.39, 0.29) is 6.61 Å². The summed E-state index contributed by atoms with van der Waals surface area (Å²) in [4.78, 5) is 10.8. The van der Waals surface area contributed by atoms with Crippen molar-refractivity contribution < 1.29 is 9.90 Å². The number of carbonyl (C=O) groups is 1. The minimum absolute atomic E-state index is 0.0563. The molecule has 0 saturated heterocycles. The summed E-state index contributed by atoms with van der Waals surface area (Å²) in [6, 6.07) is 3.52. The highest BCUT2D eigenvalue weighted by Crippen LogP contribution is 2.22. The van der Waals surface area contributed by atoms with Crippen LogP contribution in [0.25, 0.3) is 0 Å². The van der Waals surface area contributed by atoms with E-state index < -0.39 is 0 Å². The van der Waals surface area contributed by atoms with Crippen LogP contribution in [0.1, 0.15) is 21.5 Å². The number of benzene rings is 1. The van der Waals surface area contributed by atoms with Crippen molar-refractivity contribution in [2.45, 2.75) is 13.2 Å². The highest BCUT2D eigenvalue weighted by atomic mass is 79.9. The molecule has 4 heteroatoms. The van der Waals surface area contributed by atoms with E-state index in [0.29, 0.717) is 12.1 Å². The van der Waals surface area contributed by atoms with E-state index in [1.165, 1.54) is 0 Å². The van der Waals surface area contributed by atoms with Gasteiger partial charge in [0.15, 0.2) is 0 Å². The molecule has 0 heterocycles. The molecule has 0 aliphatic carbocycles. The van der Waals surface area contributed by atoms with Crippen LogP contribution in [0.15, 0.2) is 16.6 Å². The zero-order valence-corrected chi connectivity index (χ0v) is 9.47.